The second-order valence-corrected chi connectivity index (χ2v) is 7.33. The van der Waals surface area contributed by atoms with Crippen molar-refractivity contribution in [1.29, 1.82) is 0 Å². The first-order chi connectivity index (χ1) is 12.8. The second-order valence-electron chi connectivity index (χ2n) is 7.33. The smallest absolute Gasteiger partial charge is 0.217 e. The number of nitrogens with zero attached hydrogens (tertiary/aromatic N) is 1. The van der Waals surface area contributed by atoms with Crippen molar-refractivity contribution in [2.24, 2.45) is 5.92 Å². The number of ether oxygens (including phenoxy) is 2. The highest BCUT2D eigenvalue weighted by molar-refractivity contribution is 5.73. The Bertz CT molecular complexity index is 709. The van der Waals surface area contributed by atoms with Crippen molar-refractivity contribution in [3.05, 3.63) is 48.2 Å². The van der Waals surface area contributed by atoms with Gasteiger partial charge < -0.3 is 14.8 Å². The van der Waals surface area contributed by atoms with Gasteiger partial charge in [0.2, 0.25) is 11.8 Å². The fourth-order valence-electron chi connectivity index (χ4n) is 2.75. The SMILES string of the molecule is CC(=O)NC(CCc1ccc(Oc2ccc(OC(C)C)nc2)cc1)C(C)C. The quantitative estimate of drug-likeness (QED) is 0.692. The molecule has 1 heterocycles. The van der Waals surface area contributed by atoms with Crippen molar-refractivity contribution in [3.8, 4) is 17.4 Å². The van der Waals surface area contributed by atoms with Gasteiger partial charge in [0.25, 0.3) is 0 Å². The summed E-state index contributed by atoms with van der Waals surface area (Å²) in [5.41, 5.74) is 1.22. The van der Waals surface area contributed by atoms with Crippen molar-refractivity contribution < 1.29 is 14.3 Å². The minimum Gasteiger partial charge on any atom is -0.475 e. The number of aromatic nitrogens is 1. The molecule has 1 amide bonds. The number of amides is 1. The van der Waals surface area contributed by atoms with Crippen LogP contribution in [0.15, 0.2) is 42.6 Å². The third kappa shape index (κ3) is 7.29. The van der Waals surface area contributed by atoms with Crippen LogP contribution in [0.1, 0.15) is 46.6 Å². The number of pyridine rings is 1. The summed E-state index contributed by atoms with van der Waals surface area (Å²) in [5, 5.41) is 3.03. The molecule has 1 unspecified atom stereocenters. The maximum absolute atomic E-state index is 11.3. The van der Waals surface area contributed by atoms with Gasteiger partial charge in [0, 0.05) is 19.0 Å². The Morgan fingerprint density at radius 2 is 1.70 bits per heavy atom. The molecule has 0 saturated heterocycles. The molecule has 0 radical (unpaired) electrons. The lowest BCUT2D eigenvalue weighted by Gasteiger charge is -2.21. The van der Waals surface area contributed by atoms with Crippen LogP contribution >= 0.6 is 0 Å². The van der Waals surface area contributed by atoms with E-state index >= 15 is 0 Å². The summed E-state index contributed by atoms with van der Waals surface area (Å²) >= 11 is 0. The lowest BCUT2D eigenvalue weighted by atomic mass is 9.96. The van der Waals surface area contributed by atoms with Crippen LogP contribution in [0.3, 0.4) is 0 Å². The number of benzene rings is 1. The topological polar surface area (TPSA) is 60.5 Å². The molecule has 0 fully saturated rings. The van der Waals surface area contributed by atoms with E-state index in [4.69, 9.17) is 9.47 Å². The van der Waals surface area contributed by atoms with Crippen LogP contribution in [-0.2, 0) is 11.2 Å². The number of hydrogen-bond donors (Lipinski definition) is 1. The summed E-state index contributed by atoms with van der Waals surface area (Å²) in [4.78, 5) is 15.6. The Balaban J connectivity index is 1.90. The first kappa shape index (κ1) is 20.7. The molecule has 0 aliphatic rings. The zero-order valence-electron chi connectivity index (χ0n) is 16.9. The Morgan fingerprint density at radius 3 is 2.22 bits per heavy atom. The van der Waals surface area contributed by atoms with E-state index in [0.717, 1.165) is 18.6 Å². The summed E-state index contributed by atoms with van der Waals surface area (Å²) < 4.78 is 11.4. The van der Waals surface area contributed by atoms with Gasteiger partial charge in [-0.05, 0) is 56.4 Å². The zero-order chi connectivity index (χ0) is 19.8. The first-order valence-corrected chi connectivity index (χ1v) is 9.50. The van der Waals surface area contributed by atoms with E-state index in [2.05, 4.69) is 36.3 Å². The van der Waals surface area contributed by atoms with E-state index in [0.29, 0.717) is 17.5 Å². The molecule has 2 rings (SSSR count). The largest absolute Gasteiger partial charge is 0.475 e. The Morgan fingerprint density at radius 1 is 1.04 bits per heavy atom. The molecule has 0 saturated carbocycles. The highest BCUT2D eigenvalue weighted by Gasteiger charge is 2.14. The summed E-state index contributed by atoms with van der Waals surface area (Å²) in [6.45, 7) is 9.75. The zero-order valence-corrected chi connectivity index (χ0v) is 16.9. The summed E-state index contributed by atoms with van der Waals surface area (Å²) in [7, 11) is 0. The molecule has 5 heteroatoms. The maximum Gasteiger partial charge on any atom is 0.217 e. The first-order valence-electron chi connectivity index (χ1n) is 9.50. The van der Waals surface area contributed by atoms with Gasteiger partial charge in [0.05, 0.1) is 12.3 Å². The summed E-state index contributed by atoms with van der Waals surface area (Å²) in [5.74, 6) is 2.46. The minimum atomic E-state index is 0.0240. The molecule has 5 nitrogen and oxygen atoms in total. The van der Waals surface area contributed by atoms with Crippen LogP contribution in [0, 0.1) is 5.92 Å². The van der Waals surface area contributed by atoms with Gasteiger partial charge in [-0.3, -0.25) is 4.79 Å². The van der Waals surface area contributed by atoms with E-state index in [1.807, 2.05) is 32.0 Å². The fraction of sp³-hybridized carbons (Fsp3) is 0.455. The molecular weight excluding hydrogens is 340 g/mol. The Hall–Kier alpha value is -2.56. The molecule has 0 aliphatic heterocycles. The van der Waals surface area contributed by atoms with Crippen molar-refractivity contribution >= 4 is 5.91 Å². The number of nitrogens with one attached hydrogen (secondary N) is 1. The van der Waals surface area contributed by atoms with Crippen LogP contribution in [0.5, 0.6) is 17.4 Å². The van der Waals surface area contributed by atoms with Gasteiger partial charge in [0.1, 0.15) is 11.5 Å². The van der Waals surface area contributed by atoms with Crippen molar-refractivity contribution in [3.63, 3.8) is 0 Å². The van der Waals surface area contributed by atoms with Crippen LogP contribution in [0.2, 0.25) is 0 Å². The standard InChI is InChI=1S/C22H30N2O3/c1-15(2)21(24-17(5)25)12-8-18-6-9-19(10-7-18)27-20-11-13-22(23-14-20)26-16(3)4/h6-7,9-11,13-16,21H,8,12H2,1-5H3,(H,24,25). The predicted molar refractivity (Wildman–Crippen MR) is 107 cm³/mol. The van der Waals surface area contributed by atoms with Gasteiger partial charge >= 0.3 is 0 Å². The van der Waals surface area contributed by atoms with Crippen molar-refractivity contribution in [2.45, 2.75) is 59.6 Å². The van der Waals surface area contributed by atoms with E-state index in [9.17, 15) is 4.79 Å². The highest BCUT2D eigenvalue weighted by Crippen LogP contribution is 2.23. The van der Waals surface area contributed by atoms with Crippen LogP contribution in [0.25, 0.3) is 0 Å². The average Bonchev–Trinajstić information content (AvgIpc) is 2.60. The molecular formula is C22H30N2O3. The molecule has 0 aliphatic carbocycles. The van der Waals surface area contributed by atoms with Crippen molar-refractivity contribution in [2.75, 3.05) is 0 Å². The lowest BCUT2D eigenvalue weighted by molar-refractivity contribution is -0.120. The molecule has 1 aromatic carbocycles. The summed E-state index contributed by atoms with van der Waals surface area (Å²) in [6.07, 6.45) is 3.58. The van der Waals surface area contributed by atoms with Gasteiger partial charge in [0.15, 0.2) is 0 Å². The highest BCUT2D eigenvalue weighted by atomic mass is 16.5. The number of carbonyl (C=O) groups is 1. The molecule has 0 spiro atoms. The molecule has 2 aromatic rings. The summed E-state index contributed by atoms with van der Waals surface area (Å²) in [6, 6.07) is 11.9. The number of aryl methyl sites for hydroxylation is 1. The third-order valence-electron chi connectivity index (χ3n) is 4.16. The Kier molecular flexibility index (Phi) is 7.65. The fourth-order valence-corrected chi connectivity index (χ4v) is 2.75. The van der Waals surface area contributed by atoms with E-state index in [-0.39, 0.29) is 18.1 Å². The number of carbonyl (C=O) groups excluding carboxylic acids is 1. The van der Waals surface area contributed by atoms with E-state index in [1.165, 1.54) is 5.56 Å². The number of hydrogen-bond acceptors (Lipinski definition) is 4. The second kappa shape index (κ2) is 9.95. The number of rotatable bonds is 9. The van der Waals surface area contributed by atoms with Gasteiger partial charge in [-0.1, -0.05) is 26.0 Å². The Labute approximate surface area is 162 Å². The third-order valence-corrected chi connectivity index (χ3v) is 4.16. The molecule has 1 N–H and O–H groups in total. The lowest BCUT2D eigenvalue weighted by Crippen LogP contribution is -2.37. The molecule has 146 valence electrons. The van der Waals surface area contributed by atoms with Crippen LogP contribution in [0.4, 0.5) is 0 Å². The van der Waals surface area contributed by atoms with Crippen LogP contribution < -0.4 is 14.8 Å². The average molecular weight is 370 g/mol. The predicted octanol–water partition coefficient (Wildman–Crippen LogP) is 4.75. The van der Waals surface area contributed by atoms with Crippen LogP contribution in [-0.4, -0.2) is 23.0 Å². The van der Waals surface area contributed by atoms with Gasteiger partial charge in [-0.15, -0.1) is 0 Å². The van der Waals surface area contributed by atoms with Crippen molar-refractivity contribution in [1.82, 2.24) is 10.3 Å². The molecule has 1 atom stereocenters. The minimum absolute atomic E-state index is 0.0240. The molecule has 0 bridgehead atoms. The maximum atomic E-state index is 11.3. The molecule has 27 heavy (non-hydrogen) atoms. The van der Waals surface area contributed by atoms with E-state index < -0.39 is 0 Å². The molecule has 1 aromatic heterocycles. The van der Waals surface area contributed by atoms with E-state index in [1.54, 1.807) is 19.2 Å². The van der Waals surface area contributed by atoms with Gasteiger partial charge in [-0.2, -0.15) is 0 Å². The monoisotopic (exact) mass is 370 g/mol. The normalized spacial score (nSPS) is 12.1. The van der Waals surface area contributed by atoms with Gasteiger partial charge in [-0.25, -0.2) is 4.98 Å².